The van der Waals surface area contributed by atoms with Crippen molar-refractivity contribution in [3.63, 3.8) is 0 Å². The molecular formula is C14H16N2O. The van der Waals surface area contributed by atoms with Crippen LogP contribution in [0.25, 0.3) is 0 Å². The maximum Gasteiger partial charge on any atom is 0.253 e. The lowest BCUT2D eigenvalue weighted by Gasteiger charge is -2.19. The number of hydrogen-bond acceptors (Lipinski definition) is 2. The summed E-state index contributed by atoms with van der Waals surface area (Å²) in [5, 5.41) is 6.02. The number of benzene rings is 1. The average molecular weight is 228 g/mol. The van der Waals surface area contributed by atoms with E-state index in [4.69, 9.17) is 0 Å². The van der Waals surface area contributed by atoms with Crippen molar-refractivity contribution in [1.82, 2.24) is 10.6 Å². The Morgan fingerprint density at radius 3 is 2.71 bits per heavy atom. The summed E-state index contributed by atoms with van der Waals surface area (Å²) >= 11 is 0. The highest BCUT2D eigenvalue weighted by Gasteiger charge is 2.12. The number of aryl methyl sites for hydroxylation is 1. The molecule has 1 unspecified atom stereocenters. The van der Waals surface area contributed by atoms with Gasteiger partial charge in [0, 0.05) is 11.8 Å². The second kappa shape index (κ2) is 4.87. The number of carbonyl (C=O) groups excluding carboxylic acids is 1. The monoisotopic (exact) mass is 228 g/mol. The molecule has 3 heteroatoms. The lowest BCUT2D eigenvalue weighted by Crippen LogP contribution is -2.43. The summed E-state index contributed by atoms with van der Waals surface area (Å²) in [4.78, 5) is 12.0. The fourth-order valence-electron chi connectivity index (χ4n) is 1.71. The molecule has 0 saturated carbocycles. The molecule has 0 aliphatic carbocycles. The Kier molecular flexibility index (Phi) is 3.28. The molecular weight excluding hydrogens is 212 g/mol. The van der Waals surface area contributed by atoms with Gasteiger partial charge in [0.05, 0.1) is 0 Å². The normalized spacial score (nSPS) is 18.2. The predicted octanol–water partition coefficient (Wildman–Crippen LogP) is 2.11. The van der Waals surface area contributed by atoms with E-state index in [1.165, 1.54) is 0 Å². The van der Waals surface area contributed by atoms with Crippen molar-refractivity contribution in [3.8, 4) is 0 Å². The van der Waals surface area contributed by atoms with Gasteiger partial charge in [-0.15, -0.1) is 0 Å². The van der Waals surface area contributed by atoms with Gasteiger partial charge in [-0.3, -0.25) is 4.79 Å². The van der Waals surface area contributed by atoms with E-state index in [0.717, 1.165) is 11.1 Å². The molecule has 1 heterocycles. The van der Waals surface area contributed by atoms with Gasteiger partial charge in [-0.05, 0) is 37.1 Å². The van der Waals surface area contributed by atoms with Crippen LogP contribution in [0.5, 0.6) is 0 Å². The van der Waals surface area contributed by atoms with Gasteiger partial charge in [0.25, 0.3) is 5.91 Å². The zero-order valence-electron chi connectivity index (χ0n) is 10.0. The van der Waals surface area contributed by atoms with Crippen LogP contribution in [0.15, 0.2) is 48.2 Å². The fraction of sp³-hybridized carbons (Fsp3) is 0.214. The van der Waals surface area contributed by atoms with Crippen molar-refractivity contribution >= 4 is 5.91 Å². The van der Waals surface area contributed by atoms with Crippen LogP contribution < -0.4 is 10.6 Å². The number of carbonyl (C=O) groups is 1. The van der Waals surface area contributed by atoms with Crippen molar-refractivity contribution in [2.75, 3.05) is 0 Å². The molecule has 1 atom stereocenters. The quantitative estimate of drug-likeness (QED) is 0.814. The van der Waals surface area contributed by atoms with E-state index in [0.29, 0.717) is 5.56 Å². The Morgan fingerprint density at radius 2 is 2.06 bits per heavy atom. The minimum absolute atomic E-state index is 0.0572. The molecule has 1 aromatic carbocycles. The number of allylic oxidation sites excluding steroid dienone is 2. The third kappa shape index (κ3) is 2.75. The largest absolute Gasteiger partial charge is 0.368 e. The van der Waals surface area contributed by atoms with Gasteiger partial charge >= 0.3 is 0 Å². The topological polar surface area (TPSA) is 41.1 Å². The van der Waals surface area contributed by atoms with Crippen LogP contribution in [0.4, 0.5) is 0 Å². The first-order valence-corrected chi connectivity index (χ1v) is 5.64. The van der Waals surface area contributed by atoms with Gasteiger partial charge in [-0.2, -0.15) is 0 Å². The zero-order valence-corrected chi connectivity index (χ0v) is 10.0. The molecule has 0 saturated heterocycles. The maximum atomic E-state index is 12.0. The summed E-state index contributed by atoms with van der Waals surface area (Å²) < 4.78 is 0. The summed E-state index contributed by atoms with van der Waals surface area (Å²) in [7, 11) is 0. The van der Waals surface area contributed by atoms with E-state index in [-0.39, 0.29) is 12.1 Å². The molecule has 0 aromatic heterocycles. The number of nitrogens with one attached hydrogen (secondary N) is 2. The Labute approximate surface area is 101 Å². The van der Waals surface area contributed by atoms with Crippen LogP contribution in [0.2, 0.25) is 0 Å². The van der Waals surface area contributed by atoms with Crippen molar-refractivity contribution < 1.29 is 4.79 Å². The lowest BCUT2D eigenvalue weighted by atomic mass is 10.1. The van der Waals surface area contributed by atoms with Crippen molar-refractivity contribution in [3.05, 3.63) is 59.3 Å². The second-order valence-electron chi connectivity index (χ2n) is 4.18. The second-order valence-corrected chi connectivity index (χ2v) is 4.18. The van der Waals surface area contributed by atoms with Crippen LogP contribution in [0.3, 0.4) is 0 Å². The molecule has 1 aromatic rings. The molecule has 17 heavy (non-hydrogen) atoms. The highest BCUT2D eigenvalue weighted by molar-refractivity contribution is 5.95. The first-order chi connectivity index (χ1) is 8.16. The van der Waals surface area contributed by atoms with Crippen LogP contribution in [0, 0.1) is 6.92 Å². The van der Waals surface area contributed by atoms with E-state index in [9.17, 15) is 4.79 Å². The molecule has 1 aliphatic heterocycles. The van der Waals surface area contributed by atoms with E-state index in [1.54, 1.807) is 0 Å². The molecule has 3 nitrogen and oxygen atoms in total. The Bertz CT molecular complexity index is 489. The lowest BCUT2D eigenvalue weighted by molar-refractivity contribution is 0.0940. The van der Waals surface area contributed by atoms with E-state index >= 15 is 0 Å². The standard InChI is InChI=1S/C14H16N2O/c1-10-7-8-13(15-9-10)16-14(17)12-6-4-3-5-11(12)2/h3-9,13,15H,1-2H3,(H,16,17). The minimum atomic E-state index is -0.134. The molecule has 2 N–H and O–H groups in total. The Hall–Kier alpha value is -2.03. The number of hydrogen-bond donors (Lipinski definition) is 2. The molecule has 0 spiro atoms. The van der Waals surface area contributed by atoms with Gasteiger partial charge in [0.15, 0.2) is 0 Å². The van der Waals surface area contributed by atoms with Crippen LogP contribution in [-0.4, -0.2) is 12.1 Å². The van der Waals surface area contributed by atoms with Crippen molar-refractivity contribution in [2.45, 2.75) is 20.0 Å². The van der Waals surface area contributed by atoms with Crippen LogP contribution in [0.1, 0.15) is 22.8 Å². The Balaban J connectivity index is 2.04. The summed E-state index contributed by atoms with van der Waals surface area (Å²) in [6.45, 7) is 3.94. The van der Waals surface area contributed by atoms with Gasteiger partial charge in [-0.1, -0.05) is 24.3 Å². The Morgan fingerprint density at radius 1 is 1.29 bits per heavy atom. The summed E-state index contributed by atoms with van der Waals surface area (Å²) in [6, 6.07) is 7.56. The van der Waals surface area contributed by atoms with Crippen molar-refractivity contribution in [1.29, 1.82) is 0 Å². The molecule has 0 fully saturated rings. The molecule has 1 aliphatic rings. The number of dihydropyridines is 1. The molecule has 88 valence electrons. The van der Waals surface area contributed by atoms with E-state index in [1.807, 2.05) is 56.5 Å². The predicted molar refractivity (Wildman–Crippen MR) is 68.5 cm³/mol. The van der Waals surface area contributed by atoms with Gasteiger partial charge in [-0.25, -0.2) is 0 Å². The summed E-state index contributed by atoms with van der Waals surface area (Å²) in [5.41, 5.74) is 2.84. The first kappa shape index (κ1) is 11.5. The minimum Gasteiger partial charge on any atom is -0.368 e. The fourth-order valence-corrected chi connectivity index (χ4v) is 1.71. The number of amides is 1. The highest BCUT2D eigenvalue weighted by atomic mass is 16.1. The van der Waals surface area contributed by atoms with Gasteiger partial charge in [0.1, 0.15) is 6.17 Å². The highest BCUT2D eigenvalue weighted by Crippen LogP contribution is 2.07. The third-order valence-electron chi connectivity index (χ3n) is 2.72. The van der Waals surface area contributed by atoms with E-state index < -0.39 is 0 Å². The summed E-state index contributed by atoms with van der Waals surface area (Å²) in [5.74, 6) is -0.0572. The SMILES string of the molecule is CC1=CNC(NC(=O)c2ccccc2C)C=C1. The average Bonchev–Trinajstić information content (AvgIpc) is 2.32. The van der Waals surface area contributed by atoms with Crippen molar-refractivity contribution in [2.24, 2.45) is 0 Å². The molecule has 0 bridgehead atoms. The van der Waals surface area contributed by atoms with Crippen LogP contribution in [-0.2, 0) is 0 Å². The maximum absolute atomic E-state index is 12.0. The van der Waals surface area contributed by atoms with Gasteiger partial charge in [0.2, 0.25) is 0 Å². The molecule has 2 rings (SSSR count). The first-order valence-electron chi connectivity index (χ1n) is 5.64. The smallest absolute Gasteiger partial charge is 0.253 e. The number of rotatable bonds is 2. The summed E-state index contributed by atoms with van der Waals surface area (Å²) in [6.07, 6.45) is 5.68. The van der Waals surface area contributed by atoms with Gasteiger partial charge < -0.3 is 10.6 Å². The van der Waals surface area contributed by atoms with Crippen LogP contribution >= 0.6 is 0 Å². The molecule has 1 amide bonds. The third-order valence-corrected chi connectivity index (χ3v) is 2.72. The zero-order chi connectivity index (χ0) is 12.3. The van der Waals surface area contributed by atoms with E-state index in [2.05, 4.69) is 10.6 Å². The molecule has 0 radical (unpaired) electrons.